The van der Waals surface area contributed by atoms with Gasteiger partial charge in [-0.2, -0.15) is 0 Å². The van der Waals surface area contributed by atoms with Gasteiger partial charge >= 0.3 is 0 Å². The first-order chi connectivity index (χ1) is 10.1. The third kappa shape index (κ3) is 3.32. The summed E-state index contributed by atoms with van der Waals surface area (Å²) < 4.78 is 0. The van der Waals surface area contributed by atoms with Crippen molar-refractivity contribution >= 4 is 11.5 Å². The SMILES string of the molecule is CN(C)c1cccc(CN(C)c2ccnc(C3CC3)n2)c1. The molecule has 1 aromatic carbocycles. The van der Waals surface area contributed by atoms with Crippen molar-refractivity contribution < 1.29 is 0 Å². The molecule has 0 saturated heterocycles. The Morgan fingerprint density at radius 3 is 2.67 bits per heavy atom. The normalized spacial score (nSPS) is 14.0. The van der Waals surface area contributed by atoms with Crippen LogP contribution in [0, 0.1) is 0 Å². The van der Waals surface area contributed by atoms with Crippen LogP contribution in [0.4, 0.5) is 11.5 Å². The van der Waals surface area contributed by atoms with E-state index in [1.165, 1.54) is 24.1 Å². The van der Waals surface area contributed by atoms with E-state index < -0.39 is 0 Å². The van der Waals surface area contributed by atoms with Crippen molar-refractivity contribution in [2.24, 2.45) is 0 Å². The molecule has 1 heterocycles. The van der Waals surface area contributed by atoms with Gasteiger partial charge in [0.1, 0.15) is 11.6 Å². The van der Waals surface area contributed by atoms with Gasteiger partial charge in [-0.15, -0.1) is 0 Å². The Morgan fingerprint density at radius 1 is 1.14 bits per heavy atom. The molecule has 0 aliphatic heterocycles. The fourth-order valence-corrected chi connectivity index (χ4v) is 2.40. The number of hydrogen-bond donors (Lipinski definition) is 0. The molecule has 0 N–H and O–H groups in total. The first-order valence-electron chi connectivity index (χ1n) is 7.44. The number of nitrogens with zero attached hydrogens (tertiary/aromatic N) is 4. The van der Waals surface area contributed by atoms with Crippen molar-refractivity contribution in [3.8, 4) is 0 Å². The maximum Gasteiger partial charge on any atom is 0.133 e. The average Bonchev–Trinajstić information content (AvgIpc) is 3.32. The predicted molar refractivity (Wildman–Crippen MR) is 86.9 cm³/mol. The van der Waals surface area contributed by atoms with Crippen molar-refractivity contribution in [2.75, 3.05) is 30.9 Å². The summed E-state index contributed by atoms with van der Waals surface area (Å²) in [5.74, 6) is 2.60. The summed E-state index contributed by atoms with van der Waals surface area (Å²) in [7, 11) is 6.21. The van der Waals surface area contributed by atoms with E-state index in [1.54, 1.807) is 0 Å². The van der Waals surface area contributed by atoms with E-state index in [0.717, 1.165) is 18.2 Å². The van der Waals surface area contributed by atoms with Crippen LogP contribution in [0.5, 0.6) is 0 Å². The Kier molecular flexibility index (Phi) is 3.78. The second-order valence-electron chi connectivity index (χ2n) is 5.97. The van der Waals surface area contributed by atoms with Gasteiger partial charge in [-0.25, -0.2) is 9.97 Å². The molecule has 0 radical (unpaired) electrons. The van der Waals surface area contributed by atoms with Crippen LogP contribution in [-0.2, 0) is 6.54 Å². The van der Waals surface area contributed by atoms with Crippen LogP contribution >= 0.6 is 0 Å². The molecule has 4 nitrogen and oxygen atoms in total. The number of hydrogen-bond acceptors (Lipinski definition) is 4. The number of anilines is 2. The molecule has 0 spiro atoms. The van der Waals surface area contributed by atoms with E-state index in [0.29, 0.717) is 5.92 Å². The Morgan fingerprint density at radius 2 is 1.95 bits per heavy atom. The first kappa shape index (κ1) is 13.9. The number of rotatable bonds is 5. The summed E-state index contributed by atoms with van der Waals surface area (Å²) in [5.41, 5.74) is 2.51. The van der Waals surface area contributed by atoms with E-state index in [1.807, 2.05) is 12.3 Å². The highest BCUT2D eigenvalue weighted by Gasteiger charge is 2.26. The molecule has 1 aliphatic rings. The smallest absolute Gasteiger partial charge is 0.133 e. The Labute approximate surface area is 126 Å². The van der Waals surface area contributed by atoms with Crippen molar-refractivity contribution in [3.63, 3.8) is 0 Å². The molecule has 0 unspecified atom stereocenters. The lowest BCUT2D eigenvalue weighted by Gasteiger charge is -2.20. The minimum absolute atomic E-state index is 0.593. The lowest BCUT2D eigenvalue weighted by molar-refractivity contribution is 0.853. The van der Waals surface area contributed by atoms with Crippen LogP contribution < -0.4 is 9.80 Å². The highest BCUT2D eigenvalue weighted by molar-refractivity contribution is 5.48. The largest absolute Gasteiger partial charge is 0.378 e. The summed E-state index contributed by atoms with van der Waals surface area (Å²) in [5, 5.41) is 0. The summed E-state index contributed by atoms with van der Waals surface area (Å²) >= 11 is 0. The average molecular weight is 282 g/mol. The molecule has 0 bridgehead atoms. The summed E-state index contributed by atoms with van der Waals surface area (Å²) in [6.45, 7) is 0.850. The molecule has 110 valence electrons. The van der Waals surface area contributed by atoms with Crippen molar-refractivity contribution in [1.82, 2.24) is 9.97 Å². The third-order valence-corrected chi connectivity index (χ3v) is 3.84. The van der Waals surface area contributed by atoms with E-state index >= 15 is 0 Å². The standard InChI is InChI=1S/C17H22N4/c1-20(2)15-6-4-5-13(11-15)12-21(3)16-9-10-18-17(19-16)14-7-8-14/h4-6,9-11,14H,7-8,12H2,1-3H3. The predicted octanol–water partition coefficient (Wildman–Crippen LogP) is 3.06. The molecular weight excluding hydrogens is 260 g/mol. The van der Waals surface area contributed by atoms with Crippen molar-refractivity contribution in [2.45, 2.75) is 25.3 Å². The van der Waals surface area contributed by atoms with Gasteiger partial charge in [-0.3, -0.25) is 0 Å². The fraction of sp³-hybridized carbons (Fsp3) is 0.412. The van der Waals surface area contributed by atoms with Gasteiger partial charge in [0.25, 0.3) is 0 Å². The molecule has 1 fully saturated rings. The zero-order chi connectivity index (χ0) is 14.8. The first-order valence-corrected chi connectivity index (χ1v) is 7.44. The van der Waals surface area contributed by atoms with Crippen LogP contribution in [0.3, 0.4) is 0 Å². The van der Waals surface area contributed by atoms with E-state index in [9.17, 15) is 0 Å². The summed E-state index contributed by atoms with van der Waals surface area (Å²) in [6, 6.07) is 10.6. The lowest BCUT2D eigenvalue weighted by Crippen LogP contribution is -2.19. The highest BCUT2D eigenvalue weighted by atomic mass is 15.2. The summed E-state index contributed by atoms with van der Waals surface area (Å²) in [6.07, 6.45) is 4.35. The van der Waals surface area contributed by atoms with Crippen LogP contribution in [0.2, 0.25) is 0 Å². The zero-order valence-electron chi connectivity index (χ0n) is 13.0. The van der Waals surface area contributed by atoms with E-state index in [2.05, 4.69) is 60.2 Å². The molecule has 0 atom stereocenters. The van der Waals surface area contributed by atoms with Crippen LogP contribution in [0.1, 0.15) is 30.1 Å². The van der Waals surface area contributed by atoms with Crippen molar-refractivity contribution in [1.29, 1.82) is 0 Å². The van der Waals surface area contributed by atoms with E-state index in [4.69, 9.17) is 4.98 Å². The molecule has 2 aromatic rings. The highest BCUT2D eigenvalue weighted by Crippen LogP contribution is 2.38. The van der Waals surface area contributed by atoms with Gasteiger partial charge < -0.3 is 9.80 Å². The number of benzene rings is 1. The molecular formula is C17H22N4. The minimum Gasteiger partial charge on any atom is -0.378 e. The minimum atomic E-state index is 0.593. The van der Waals surface area contributed by atoms with Crippen molar-refractivity contribution in [3.05, 3.63) is 47.9 Å². The van der Waals surface area contributed by atoms with Gasteiger partial charge in [0.2, 0.25) is 0 Å². The molecule has 1 aromatic heterocycles. The fourth-order valence-electron chi connectivity index (χ4n) is 2.40. The van der Waals surface area contributed by atoms with Gasteiger partial charge in [-0.1, -0.05) is 12.1 Å². The molecule has 3 rings (SSSR count). The Balaban J connectivity index is 1.74. The summed E-state index contributed by atoms with van der Waals surface area (Å²) in [4.78, 5) is 13.4. The van der Waals surface area contributed by atoms with E-state index in [-0.39, 0.29) is 0 Å². The molecule has 1 aliphatic carbocycles. The second kappa shape index (κ2) is 5.72. The van der Waals surface area contributed by atoms with Gasteiger partial charge in [-0.05, 0) is 36.6 Å². The van der Waals surface area contributed by atoms with Crippen LogP contribution in [0.15, 0.2) is 36.5 Å². The molecule has 0 amide bonds. The maximum absolute atomic E-state index is 4.69. The molecule has 1 saturated carbocycles. The quantitative estimate of drug-likeness (QED) is 0.843. The molecule has 4 heteroatoms. The maximum atomic E-state index is 4.69. The second-order valence-corrected chi connectivity index (χ2v) is 5.97. The Hall–Kier alpha value is -2.10. The lowest BCUT2D eigenvalue weighted by atomic mass is 10.2. The molecule has 21 heavy (non-hydrogen) atoms. The van der Waals surface area contributed by atoms with Crippen LogP contribution in [-0.4, -0.2) is 31.1 Å². The van der Waals surface area contributed by atoms with Gasteiger partial charge in [0.15, 0.2) is 0 Å². The zero-order valence-corrected chi connectivity index (χ0v) is 13.0. The van der Waals surface area contributed by atoms with Crippen LogP contribution in [0.25, 0.3) is 0 Å². The number of aromatic nitrogens is 2. The monoisotopic (exact) mass is 282 g/mol. The third-order valence-electron chi connectivity index (χ3n) is 3.84. The topological polar surface area (TPSA) is 32.3 Å². The van der Waals surface area contributed by atoms with Gasteiger partial charge in [0, 0.05) is 45.5 Å². The van der Waals surface area contributed by atoms with Gasteiger partial charge in [0.05, 0.1) is 0 Å². The Bertz CT molecular complexity index is 620.